The van der Waals surface area contributed by atoms with Gasteiger partial charge in [0, 0.05) is 30.1 Å². The second-order valence-corrected chi connectivity index (χ2v) is 6.97. The van der Waals surface area contributed by atoms with E-state index in [1.165, 1.54) is 5.56 Å². The first-order valence-electron chi connectivity index (χ1n) is 6.29. The molecule has 0 fully saturated rings. The van der Waals surface area contributed by atoms with E-state index in [0.29, 0.717) is 13.0 Å². The zero-order valence-electron chi connectivity index (χ0n) is 11.7. The molecule has 0 atom stereocenters. The monoisotopic (exact) mass is 273 g/mol. The lowest BCUT2D eigenvalue weighted by atomic mass is 10.2. The fraction of sp³-hybridized carbons (Fsp3) is 0.750. The molecule has 1 rings (SSSR count). The van der Waals surface area contributed by atoms with Crippen molar-refractivity contribution in [1.82, 2.24) is 15.1 Å². The largest absolute Gasteiger partial charge is 0.316 e. The van der Waals surface area contributed by atoms with Crippen molar-refractivity contribution in [3.05, 3.63) is 17.0 Å². The Labute approximate surface area is 109 Å². The summed E-state index contributed by atoms with van der Waals surface area (Å²) in [6, 6.07) is 0. The predicted molar refractivity (Wildman–Crippen MR) is 73.4 cm³/mol. The van der Waals surface area contributed by atoms with Gasteiger partial charge < -0.3 is 5.32 Å². The summed E-state index contributed by atoms with van der Waals surface area (Å²) in [5.74, 6) is 0.457. The number of sulfone groups is 1. The SMILES string of the molecule is CCS(=O)(=O)CCCn1nc(C)c(CNC)c1C. The summed E-state index contributed by atoms with van der Waals surface area (Å²) >= 11 is 0. The van der Waals surface area contributed by atoms with Gasteiger partial charge >= 0.3 is 0 Å². The highest BCUT2D eigenvalue weighted by atomic mass is 32.2. The second kappa shape index (κ2) is 6.33. The lowest BCUT2D eigenvalue weighted by molar-refractivity contribution is 0.564. The van der Waals surface area contributed by atoms with E-state index in [-0.39, 0.29) is 11.5 Å². The van der Waals surface area contributed by atoms with Crippen LogP contribution in [-0.2, 0) is 22.9 Å². The molecule has 1 heterocycles. The summed E-state index contributed by atoms with van der Waals surface area (Å²) in [5, 5.41) is 7.58. The van der Waals surface area contributed by atoms with Gasteiger partial charge in [0.25, 0.3) is 0 Å². The second-order valence-electron chi connectivity index (χ2n) is 4.49. The third-order valence-corrected chi connectivity index (χ3v) is 4.94. The van der Waals surface area contributed by atoms with Crippen molar-refractivity contribution >= 4 is 9.84 Å². The molecule has 1 aromatic heterocycles. The summed E-state index contributed by atoms with van der Waals surface area (Å²) in [6.45, 7) is 7.16. The van der Waals surface area contributed by atoms with Crippen molar-refractivity contribution in [2.24, 2.45) is 0 Å². The Morgan fingerprint density at radius 1 is 1.33 bits per heavy atom. The van der Waals surface area contributed by atoms with E-state index >= 15 is 0 Å². The minimum atomic E-state index is -2.87. The van der Waals surface area contributed by atoms with Crippen molar-refractivity contribution < 1.29 is 8.42 Å². The van der Waals surface area contributed by atoms with Crippen LogP contribution in [0.5, 0.6) is 0 Å². The molecular weight excluding hydrogens is 250 g/mol. The molecule has 0 radical (unpaired) electrons. The Kier molecular flexibility index (Phi) is 5.34. The molecule has 0 aliphatic rings. The Hall–Kier alpha value is -0.880. The Balaban J connectivity index is 2.66. The summed E-state index contributed by atoms with van der Waals surface area (Å²) in [7, 11) is -0.963. The molecule has 1 N–H and O–H groups in total. The molecule has 0 saturated heterocycles. The van der Waals surface area contributed by atoms with Crippen LogP contribution in [0, 0.1) is 13.8 Å². The number of aryl methyl sites for hydroxylation is 2. The molecule has 0 aliphatic carbocycles. The summed E-state index contributed by atoms with van der Waals surface area (Å²) in [6.07, 6.45) is 0.622. The van der Waals surface area contributed by atoms with Crippen LogP contribution in [0.3, 0.4) is 0 Å². The number of aromatic nitrogens is 2. The van der Waals surface area contributed by atoms with E-state index in [1.54, 1.807) is 6.92 Å². The Morgan fingerprint density at radius 3 is 2.56 bits per heavy atom. The number of nitrogens with zero attached hydrogens (tertiary/aromatic N) is 2. The molecule has 0 spiro atoms. The fourth-order valence-corrected chi connectivity index (χ4v) is 2.82. The van der Waals surface area contributed by atoms with E-state index in [2.05, 4.69) is 10.4 Å². The third-order valence-electron chi connectivity index (χ3n) is 3.15. The molecule has 0 unspecified atom stereocenters. The molecule has 1 aromatic rings. The molecule has 0 aliphatic heterocycles. The van der Waals surface area contributed by atoms with Gasteiger partial charge in [-0.15, -0.1) is 0 Å². The summed E-state index contributed by atoms with van der Waals surface area (Å²) in [4.78, 5) is 0. The zero-order chi connectivity index (χ0) is 13.8. The van der Waals surface area contributed by atoms with Crippen molar-refractivity contribution in [2.75, 3.05) is 18.6 Å². The summed E-state index contributed by atoms with van der Waals surface area (Å²) in [5.41, 5.74) is 3.34. The lowest BCUT2D eigenvalue weighted by Gasteiger charge is -2.05. The predicted octanol–water partition coefficient (Wildman–Crippen LogP) is 1.04. The molecule has 5 nitrogen and oxygen atoms in total. The van der Waals surface area contributed by atoms with Gasteiger partial charge in [-0.1, -0.05) is 6.92 Å². The number of hydrogen-bond donors (Lipinski definition) is 1. The zero-order valence-corrected chi connectivity index (χ0v) is 12.5. The van der Waals surface area contributed by atoms with Crippen LogP contribution >= 0.6 is 0 Å². The highest BCUT2D eigenvalue weighted by Gasteiger charge is 2.12. The van der Waals surface area contributed by atoms with Gasteiger partial charge in [-0.25, -0.2) is 8.42 Å². The summed E-state index contributed by atoms with van der Waals surface area (Å²) < 4.78 is 24.7. The number of rotatable bonds is 7. The van der Waals surface area contributed by atoms with Crippen molar-refractivity contribution in [3.63, 3.8) is 0 Å². The minimum absolute atomic E-state index is 0.217. The van der Waals surface area contributed by atoms with Gasteiger partial charge in [0.05, 0.1) is 11.4 Å². The molecule has 0 aromatic carbocycles. The maximum absolute atomic E-state index is 11.4. The van der Waals surface area contributed by atoms with Crippen LogP contribution in [0.25, 0.3) is 0 Å². The van der Waals surface area contributed by atoms with Gasteiger partial charge in [0.15, 0.2) is 0 Å². The maximum atomic E-state index is 11.4. The van der Waals surface area contributed by atoms with E-state index in [1.807, 2.05) is 25.6 Å². The van der Waals surface area contributed by atoms with Gasteiger partial charge in [-0.2, -0.15) is 5.10 Å². The van der Waals surface area contributed by atoms with Gasteiger partial charge in [0.2, 0.25) is 0 Å². The van der Waals surface area contributed by atoms with Crippen LogP contribution in [0.15, 0.2) is 0 Å². The average Bonchev–Trinajstić information content (AvgIpc) is 2.57. The Morgan fingerprint density at radius 2 is 2.00 bits per heavy atom. The minimum Gasteiger partial charge on any atom is -0.316 e. The normalized spacial score (nSPS) is 12.0. The van der Waals surface area contributed by atoms with Crippen molar-refractivity contribution in [1.29, 1.82) is 0 Å². The quantitative estimate of drug-likeness (QED) is 0.806. The van der Waals surface area contributed by atoms with Crippen molar-refractivity contribution in [3.8, 4) is 0 Å². The van der Waals surface area contributed by atoms with E-state index in [9.17, 15) is 8.42 Å². The first-order chi connectivity index (χ1) is 8.41. The molecule has 104 valence electrons. The smallest absolute Gasteiger partial charge is 0.150 e. The maximum Gasteiger partial charge on any atom is 0.150 e. The average molecular weight is 273 g/mol. The third kappa shape index (κ3) is 3.81. The topological polar surface area (TPSA) is 64.0 Å². The van der Waals surface area contributed by atoms with Crippen LogP contribution in [0.1, 0.15) is 30.3 Å². The van der Waals surface area contributed by atoms with Crippen LogP contribution in [0.4, 0.5) is 0 Å². The molecule has 0 saturated carbocycles. The molecule has 0 amide bonds. The standard InChI is InChI=1S/C12H23N3O2S/c1-5-18(16,17)8-6-7-15-11(3)12(9-13-4)10(2)14-15/h13H,5-9H2,1-4H3. The van der Waals surface area contributed by atoms with Crippen LogP contribution < -0.4 is 5.32 Å². The van der Waals surface area contributed by atoms with E-state index in [0.717, 1.165) is 17.9 Å². The Bertz CT molecular complexity index is 492. The van der Waals surface area contributed by atoms with Gasteiger partial charge in [-0.3, -0.25) is 4.68 Å². The van der Waals surface area contributed by atoms with Crippen LogP contribution in [0.2, 0.25) is 0 Å². The fourth-order valence-electron chi connectivity index (χ4n) is 1.96. The van der Waals surface area contributed by atoms with Gasteiger partial charge in [-0.05, 0) is 27.3 Å². The first-order valence-corrected chi connectivity index (χ1v) is 8.11. The molecule has 6 heteroatoms. The lowest BCUT2D eigenvalue weighted by Crippen LogP contribution is -2.13. The molecular formula is C12H23N3O2S. The molecule has 18 heavy (non-hydrogen) atoms. The van der Waals surface area contributed by atoms with Gasteiger partial charge in [0.1, 0.15) is 9.84 Å². The first kappa shape index (κ1) is 15.2. The van der Waals surface area contributed by atoms with E-state index < -0.39 is 9.84 Å². The number of hydrogen-bond acceptors (Lipinski definition) is 4. The highest BCUT2D eigenvalue weighted by Crippen LogP contribution is 2.13. The number of nitrogens with one attached hydrogen (secondary N) is 1. The highest BCUT2D eigenvalue weighted by molar-refractivity contribution is 7.91. The van der Waals surface area contributed by atoms with Crippen molar-refractivity contribution in [2.45, 2.75) is 40.3 Å². The molecule has 0 bridgehead atoms. The van der Waals surface area contributed by atoms with Crippen LogP contribution in [-0.4, -0.2) is 36.8 Å². The van der Waals surface area contributed by atoms with E-state index in [4.69, 9.17) is 0 Å².